The molecule has 22 heavy (non-hydrogen) atoms. The molecule has 1 aliphatic heterocycles. The predicted molar refractivity (Wildman–Crippen MR) is 95.1 cm³/mol. The molecule has 0 aromatic heterocycles. The number of fused-ring (bicyclic) bond motifs is 1. The van der Waals surface area contributed by atoms with E-state index in [9.17, 15) is 0 Å². The first kappa shape index (κ1) is 15.4. The van der Waals surface area contributed by atoms with Gasteiger partial charge >= 0.3 is 0 Å². The molecule has 116 valence electrons. The third-order valence-electron chi connectivity index (χ3n) is 4.56. The average Bonchev–Trinajstić information content (AvgIpc) is 2.47. The maximum atomic E-state index is 6.33. The van der Waals surface area contributed by atoms with Gasteiger partial charge in [0, 0.05) is 43.8 Å². The lowest BCUT2D eigenvalue weighted by Gasteiger charge is -2.34. The van der Waals surface area contributed by atoms with Crippen LogP contribution in [0.4, 0.5) is 5.69 Å². The van der Waals surface area contributed by atoms with E-state index >= 15 is 0 Å². The topological polar surface area (TPSA) is 6.48 Å². The molecule has 3 rings (SSSR count). The largest absolute Gasteiger partial charge is 0.378 e. The van der Waals surface area contributed by atoms with Gasteiger partial charge in [0.25, 0.3) is 0 Å². The van der Waals surface area contributed by atoms with E-state index in [-0.39, 0.29) is 0 Å². The molecule has 1 aliphatic rings. The smallest absolute Gasteiger partial charge is 0.0411 e. The molecular formula is C19H23ClN2. The van der Waals surface area contributed by atoms with Crippen molar-refractivity contribution >= 4 is 17.3 Å². The van der Waals surface area contributed by atoms with E-state index in [4.69, 9.17) is 11.6 Å². The zero-order chi connectivity index (χ0) is 15.9. The summed E-state index contributed by atoms with van der Waals surface area (Å²) in [5.74, 6) is 0.381. The van der Waals surface area contributed by atoms with E-state index in [1.165, 1.54) is 27.9 Å². The molecule has 1 atom stereocenters. The van der Waals surface area contributed by atoms with E-state index in [2.05, 4.69) is 74.3 Å². The Morgan fingerprint density at radius 3 is 2.68 bits per heavy atom. The predicted octanol–water partition coefficient (Wildman–Crippen LogP) is 4.29. The minimum Gasteiger partial charge on any atom is -0.378 e. The summed E-state index contributed by atoms with van der Waals surface area (Å²) in [6, 6.07) is 13.1. The molecule has 0 saturated heterocycles. The minimum atomic E-state index is 0.381. The molecule has 1 unspecified atom stereocenters. The van der Waals surface area contributed by atoms with Crippen molar-refractivity contribution in [3.05, 3.63) is 63.7 Å². The summed E-state index contributed by atoms with van der Waals surface area (Å²) in [7, 11) is 6.36. The van der Waals surface area contributed by atoms with Crippen LogP contribution < -0.4 is 4.90 Å². The fourth-order valence-electron chi connectivity index (χ4n) is 3.38. The molecule has 0 aliphatic carbocycles. The molecule has 0 saturated carbocycles. The van der Waals surface area contributed by atoms with Gasteiger partial charge in [-0.1, -0.05) is 23.7 Å². The summed E-state index contributed by atoms with van der Waals surface area (Å²) in [4.78, 5) is 4.55. The molecule has 2 aromatic rings. The van der Waals surface area contributed by atoms with Crippen LogP contribution in [0.3, 0.4) is 0 Å². The Labute approximate surface area is 138 Å². The molecule has 0 fully saturated rings. The number of hydrogen-bond acceptors (Lipinski definition) is 2. The first-order valence-electron chi connectivity index (χ1n) is 7.70. The number of rotatable bonds is 2. The van der Waals surface area contributed by atoms with Crippen LogP contribution in [0.15, 0.2) is 36.4 Å². The van der Waals surface area contributed by atoms with Gasteiger partial charge in [-0.05, 0) is 60.5 Å². The quantitative estimate of drug-likeness (QED) is 0.816. The van der Waals surface area contributed by atoms with Crippen LogP contribution >= 0.6 is 11.6 Å². The molecule has 0 N–H and O–H groups in total. The fraction of sp³-hybridized carbons (Fsp3) is 0.368. The van der Waals surface area contributed by atoms with Crippen LogP contribution in [-0.4, -0.2) is 32.6 Å². The molecule has 3 heteroatoms. The SMILES string of the molecule is Cc1cc(Cl)cc2c1CN(C)CC2c1cccc(N(C)C)c1. The molecule has 0 bridgehead atoms. The van der Waals surface area contributed by atoms with Crippen molar-refractivity contribution in [3.8, 4) is 0 Å². The molecule has 0 spiro atoms. The van der Waals surface area contributed by atoms with Crippen molar-refractivity contribution in [1.29, 1.82) is 0 Å². The zero-order valence-electron chi connectivity index (χ0n) is 13.7. The Kier molecular flexibility index (Phi) is 4.16. The van der Waals surface area contributed by atoms with Gasteiger partial charge in [-0.3, -0.25) is 0 Å². The normalized spacial score (nSPS) is 18.1. The standard InChI is InChI=1S/C19H23ClN2/c1-13-8-15(20)10-17-18(13)11-22(4)12-19(17)14-6-5-7-16(9-14)21(2)3/h5-10,19H,11-12H2,1-4H3. The van der Waals surface area contributed by atoms with Gasteiger partial charge in [-0.25, -0.2) is 0 Å². The highest BCUT2D eigenvalue weighted by Crippen LogP contribution is 2.37. The maximum Gasteiger partial charge on any atom is 0.0411 e. The lowest BCUT2D eigenvalue weighted by Crippen LogP contribution is -2.31. The third kappa shape index (κ3) is 2.86. The van der Waals surface area contributed by atoms with E-state index in [0.717, 1.165) is 18.1 Å². The lowest BCUT2D eigenvalue weighted by atomic mass is 9.83. The summed E-state index contributed by atoms with van der Waals surface area (Å²) in [5.41, 5.74) is 6.71. The van der Waals surface area contributed by atoms with Crippen molar-refractivity contribution in [1.82, 2.24) is 4.90 Å². The summed E-state index contributed by atoms with van der Waals surface area (Å²) < 4.78 is 0. The first-order chi connectivity index (χ1) is 10.5. The Hall–Kier alpha value is -1.51. The number of halogens is 1. The number of aryl methyl sites for hydroxylation is 1. The van der Waals surface area contributed by atoms with Crippen LogP contribution in [0.1, 0.15) is 28.2 Å². The van der Waals surface area contributed by atoms with Gasteiger partial charge in [-0.15, -0.1) is 0 Å². The van der Waals surface area contributed by atoms with Crippen molar-refractivity contribution in [2.45, 2.75) is 19.4 Å². The van der Waals surface area contributed by atoms with E-state index in [1.807, 2.05) is 0 Å². The molecule has 2 aromatic carbocycles. The summed E-state index contributed by atoms with van der Waals surface area (Å²) >= 11 is 6.33. The highest BCUT2D eigenvalue weighted by Gasteiger charge is 2.26. The maximum absolute atomic E-state index is 6.33. The number of nitrogens with zero attached hydrogens (tertiary/aromatic N) is 2. The van der Waals surface area contributed by atoms with Gasteiger partial charge in [-0.2, -0.15) is 0 Å². The van der Waals surface area contributed by atoms with Crippen molar-refractivity contribution < 1.29 is 0 Å². The molecule has 0 amide bonds. The van der Waals surface area contributed by atoms with E-state index in [1.54, 1.807) is 0 Å². The summed E-state index contributed by atoms with van der Waals surface area (Å²) in [6.45, 7) is 4.20. The van der Waals surface area contributed by atoms with Crippen molar-refractivity contribution in [2.24, 2.45) is 0 Å². The van der Waals surface area contributed by atoms with E-state index in [0.29, 0.717) is 5.92 Å². The second-order valence-corrected chi connectivity index (χ2v) is 6.97. The van der Waals surface area contributed by atoms with Gasteiger partial charge in [0.05, 0.1) is 0 Å². The Balaban J connectivity index is 2.11. The second-order valence-electron chi connectivity index (χ2n) is 6.53. The third-order valence-corrected chi connectivity index (χ3v) is 4.78. The minimum absolute atomic E-state index is 0.381. The Bertz CT molecular complexity index is 694. The van der Waals surface area contributed by atoms with Crippen LogP contribution in [0.25, 0.3) is 0 Å². The number of hydrogen-bond donors (Lipinski definition) is 0. The lowest BCUT2D eigenvalue weighted by molar-refractivity contribution is 0.294. The van der Waals surface area contributed by atoms with Crippen molar-refractivity contribution in [2.75, 3.05) is 32.6 Å². The second kappa shape index (κ2) is 5.94. The van der Waals surface area contributed by atoms with Gasteiger partial charge in [0.2, 0.25) is 0 Å². The highest BCUT2D eigenvalue weighted by atomic mass is 35.5. The highest BCUT2D eigenvalue weighted by molar-refractivity contribution is 6.30. The van der Waals surface area contributed by atoms with Gasteiger partial charge in [0.15, 0.2) is 0 Å². The molecule has 0 radical (unpaired) electrons. The van der Waals surface area contributed by atoms with Crippen LogP contribution in [0.2, 0.25) is 5.02 Å². The van der Waals surface area contributed by atoms with Gasteiger partial charge < -0.3 is 9.80 Å². The summed E-state index contributed by atoms with van der Waals surface area (Å²) in [6.07, 6.45) is 0. The average molecular weight is 315 g/mol. The van der Waals surface area contributed by atoms with Crippen LogP contribution in [-0.2, 0) is 6.54 Å². The molecular weight excluding hydrogens is 292 g/mol. The zero-order valence-corrected chi connectivity index (χ0v) is 14.5. The van der Waals surface area contributed by atoms with Crippen molar-refractivity contribution in [3.63, 3.8) is 0 Å². The molecule has 2 nitrogen and oxygen atoms in total. The van der Waals surface area contributed by atoms with Crippen LogP contribution in [0.5, 0.6) is 0 Å². The number of anilines is 1. The Morgan fingerprint density at radius 1 is 1.18 bits per heavy atom. The number of benzene rings is 2. The fourth-order valence-corrected chi connectivity index (χ4v) is 3.66. The number of likely N-dealkylation sites (N-methyl/N-ethyl adjacent to an activating group) is 1. The van der Waals surface area contributed by atoms with Gasteiger partial charge in [0.1, 0.15) is 0 Å². The Morgan fingerprint density at radius 2 is 1.95 bits per heavy atom. The summed E-state index contributed by atoms with van der Waals surface area (Å²) in [5, 5.41) is 0.842. The molecule has 1 heterocycles. The first-order valence-corrected chi connectivity index (χ1v) is 8.08. The van der Waals surface area contributed by atoms with E-state index < -0.39 is 0 Å². The van der Waals surface area contributed by atoms with Crippen LogP contribution in [0, 0.1) is 6.92 Å². The monoisotopic (exact) mass is 314 g/mol.